The molecule has 0 spiro atoms. The minimum atomic E-state index is -0.380. The molecule has 3 nitrogen and oxygen atoms in total. The Morgan fingerprint density at radius 3 is 1.92 bits per heavy atom. The van der Waals surface area contributed by atoms with E-state index in [9.17, 15) is 0 Å². The van der Waals surface area contributed by atoms with Gasteiger partial charge in [-0.1, -0.05) is 13.8 Å². The molecule has 0 saturated carbocycles. The van der Waals surface area contributed by atoms with E-state index in [-0.39, 0.29) is 6.10 Å². The first kappa shape index (κ1) is 11.9. The van der Waals surface area contributed by atoms with E-state index >= 15 is 0 Å². The van der Waals surface area contributed by atoms with E-state index in [1.54, 1.807) is 6.92 Å². The smallest absolute Gasteiger partial charge is 0.0745 e. The number of hydrogen-bond acceptors (Lipinski definition) is 3. The summed E-state index contributed by atoms with van der Waals surface area (Å²) in [7, 11) is 0. The van der Waals surface area contributed by atoms with Gasteiger partial charge in [0.1, 0.15) is 0 Å². The first-order chi connectivity index (χ1) is 5.63. The SMILES string of the molecule is CC(C)COCCOC[C@H](C)O. The van der Waals surface area contributed by atoms with E-state index in [1.165, 1.54) is 0 Å². The van der Waals surface area contributed by atoms with Crippen molar-refractivity contribution in [3.05, 3.63) is 0 Å². The van der Waals surface area contributed by atoms with Gasteiger partial charge in [-0.15, -0.1) is 0 Å². The Hall–Kier alpha value is -0.120. The monoisotopic (exact) mass is 176 g/mol. The molecule has 0 rings (SSSR count). The molecular weight excluding hydrogens is 156 g/mol. The lowest BCUT2D eigenvalue weighted by Gasteiger charge is -2.08. The summed E-state index contributed by atoms with van der Waals surface area (Å²) in [5.41, 5.74) is 0. The van der Waals surface area contributed by atoms with Crippen molar-refractivity contribution in [3.63, 3.8) is 0 Å². The number of rotatable bonds is 7. The summed E-state index contributed by atoms with van der Waals surface area (Å²) in [6.07, 6.45) is -0.380. The van der Waals surface area contributed by atoms with E-state index in [0.717, 1.165) is 6.61 Å². The Morgan fingerprint density at radius 1 is 1.00 bits per heavy atom. The van der Waals surface area contributed by atoms with Gasteiger partial charge in [-0.2, -0.15) is 0 Å². The van der Waals surface area contributed by atoms with Crippen LogP contribution in [-0.4, -0.2) is 37.6 Å². The highest BCUT2D eigenvalue weighted by molar-refractivity contribution is 4.42. The topological polar surface area (TPSA) is 38.7 Å². The van der Waals surface area contributed by atoms with Gasteiger partial charge in [0.05, 0.1) is 25.9 Å². The second-order valence-corrected chi connectivity index (χ2v) is 3.39. The number of aliphatic hydroxyl groups is 1. The second-order valence-electron chi connectivity index (χ2n) is 3.39. The van der Waals surface area contributed by atoms with Crippen molar-refractivity contribution in [1.82, 2.24) is 0 Å². The highest BCUT2D eigenvalue weighted by atomic mass is 16.5. The fourth-order valence-corrected chi connectivity index (χ4v) is 0.691. The van der Waals surface area contributed by atoms with Crippen LogP contribution in [0.15, 0.2) is 0 Å². The minimum absolute atomic E-state index is 0.380. The van der Waals surface area contributed by atoms with Gasteiger partial charge >= 0.3 is 0 Å². The van der Waals surface area contributed by atoms with Gasteiger partial charge in [0.25, 0.3) is 0 Å². The second kappa shape index (κ2) is 7.53. The predicted octanol–water partition coefficient (Wildman–Crippen LogP) is 1.06. The average Bonchev–Trinajstić information content (AvgIpc) is 1.95. The number of hydrogen-bond donors (Lipinski definition) is 1. The van der Waals surface area contributed by atoms with Crippen molar-refractivity contribution >= 4 is 0 Å². The Morgan fingerprint density at radius 2 is 1.50 bits per heavy atom. The molecule has 74 valence electrons. The van der Waals surface area contributed by atoms with Crippen LogP contribution in [0.3, 0.4) is 0 Å². The van der Waals surface area contributed by atoms with Gasteiger partial charge in [0.15, 0.2) is 0 Å². The van der Waals surface area contributed by atoms with Gasteiger partial charge in [0.2, 0.25) is 0 Å². The summed E-state index contributed by atoms with van der Waals surface area (Å²) < 4.78 is 10.4. The molecule has 0 radical (unpaired) electrons. The van der Waals surface area contributed by atoms with Crippen molar-refractivity contribution in [2.75, 3.05) is 26.4 Å². The molecular formula is C9H20O3. The van der Waals surface area contributed by atoms with Gasteiger partial charge in [-0.25, -0.2) is 0 Å². The lowest BCUT2D eigenvalue weighted by atomic mass is 10.2. The van der Waals surface area contributed by atoms with Crippen molar-refractivity contribution in [2.45, 2.75) is 26.9 Å². The maximum absolute atomic E-state index is 8.83. The normalized spacial score (nSPS) is 13.8. The Bertz CT molecular complexity index is 79.8. The van der Waals surface area contributed by atoms with Crippen LogP contribution < -0.4 is 0 Å². The quantitative estimate of drug-likeness (QED) is 0.589. The molecule has 1 atom stereocenters. The molecule has 0 fully saturated rings. The van der Waals surface area contributed by atoms with Crippen molar-refractivity contribution in [3.8, 4) is 0 Å². The van der Waals surface area contributed by atoms with Crippen LogP contribution in [0, 0.1) is 5.92 Å². The molecule has 0 unspecified atom stereocenters. The zero-order valence-electron chi connectivity index (χ0n) is 8.25. The summed E-state index contributed by atoms with van der Waals surface area (Å²) in [5, 5.41) is 8.83. The number of ether oxygens (including phenoxy) is 2. The largest absolute Gasteiger partial charge is 0.391 e. The van der Waals surface area contributed by atoms with Crippen LogP contribution in [0.5, 0.6) is 0 Å². The van der Waals surface area contributed by atoms with Crippen molar-refractivity contribution < 1.29 is 14.6 Å². The zero-order chi connectivity index (χ0) is 9.40. The van der Waals surface area contributed by atoms with Crippen molar-refractivity contribution in [1.29, 1.82) is 0 Å². The van der Waals surface area contributed by atoms with E-state index in [1.807, 2.05) is 0 Å². The molecule has 0 aromatic rings. The van der Waals surface area contributed by atoms with Crippen LogP contribution in [0.1, 0.15) is 20.8 Å². The average molecular weight is 176 g/mol. The standard InChI is InChI=1S/C9H20O3/c1-8(2)6-11-4-5-12-7-9(3)10/h8-10H,4-7H2,1-3H3/t9-/m0/s1. The third-order valence-electron chi connectivity index (χ3n) is 1.18. The molecule has 0 aliphatic heterocycles. The number of aliphatic hydroxyl groups excluding tert-OH is 1. The summed E-state index contributed by atoms with van der Waals surface area (Å²) >= 11 is 0. The third-order valence-corrected chi connectivity index (χ3v) is 1.18. The summed E-state index contributed by atoms with van der Waals surface area (Å²) in [6.45, 7) is 8.27. The van der Waals surface area contributed by atoms with Gasteiger partial charge in [-0.05, 0) is 12.8 Å². The van der Waals surface area contributed by atoms with E-state index in [2.05, 4.69) is 13.8 Å². The van der Waals surface area contributed by atoms with Crippen LogP contribution in [0.2, 0.25) is 0 Å². The zero-order valence-corrected chi connectivity index (χ0v) is 8.25. The maximum Gasteiger partial charge on any atom is 0.0745 e. The minimum Gasteiger partial charge on any atom is -0.391 e. The van der Waals surface area contributed by atoms with E-state index in [4.69, 9.17) is 14.6 Å². The molecule has 3 heteroatoms. The lowest BCUT2D eigenvalue weighted by Crippen LogP contribution is -2.14. The molecule has 0 aliphatic carbocycles. The van der Waals surface area contributed by atoms with Gasteiger partial charge in [0, 0.05) is 6.61 Å². The first-order valence-corrected chi connectivity index (χ1v) is 4.46. The fraction of sp³-hybridized carbons (Fsp3) is 1.00. The van der Waals surface area contributed by atoms with Crippen LogP contribution >= 0.6 is 0 Å². The van der Waals surface area contributed by atoms with Crippen LogP contribution in [0.25, 0.3) is 0 Å². The van der Waals surface area contributed by atoms with Crippen LogP contribution in [0.4, 0.5) is 0 Å². The molecule has 0 aromatic heterocycles. The molecule has 0 aliphatic rings. The molecule has 12 heavy (non-hydrogen) atoms. The maximum atomic E-state index is 8.83. The first-order valence-electron chi connectivity index (χ1n) is 4.46. The Kier molecular flexibility index (Phi) is 7.45. The molecule has 1 N–H and O–H groups in total. The third kappa shape index (κ3) is 9.88. The summed E-state index contributed by atoms with van der Waals surface area (Å²) in [4.78, 5) is 0. The van der Waals surface area contributed by atoms with E-state index < -0.39 is 0 Å². The summed E-state index contributed by atoms with van der Waals surface area (Å²) in [5.74, 6) is 0.571. The molecule has 0 aromatic carbocycles. The highest BCUT2D eigenvalue weighted by Crippen LogP contribution is 1.92. The van der Waals surface area contributed by atoms with Crippen molar-refractivity contribution in [2.24, 2.45) is 5.92 Å². The molecule has 0 heterocycles. The Balaban J connectivity index is 2.91. The molecule has 0 saturated heterocycles. The summed E-state index contributed by atoms with van der Waals surface area (Å²) in [6, 6.07) is 0. The van der Waals surface area contributed by atoms with Gasteiger partial charge in [-0.3, -0.25) is 0 Å². The fourth-order valence-electron chi connectivity index (χ4n) is 0.691. The van der Waals surface area contributed by atoms with E-state index in [0.29, 0.717) is 25.7 Å². The van der Waals surface area contributed by atoms with Crippen LogP contribution in [-0.2, 0) is 9.47 Å². The Labute approximate surface area is 74.7 Å². The lowest BCUT2D eigenvalue weighted by molar-refractivity contribution is 0.00464. The molecule has 0 amide bonds. The molecule has 0 bridgehead atoms. The highest BCUT2D eigenvalue weighted by Gasteiger charge is 1.96. The predicted molar refractivity (Wildman–Crippen MR) is 48.2 cm³/mol. The van der Waals surface area contributed by atoms with Gasteiger partial charge < -0.3 is 14.6 Å².